The highest BCUT2D eigenvalue weighted by Crippen LogP contribution is 2.19. The van der Waals surface area contributed by atoms with Crippen LogP contribution in [0.25, 0.3) is 0 Å². The van der Waals surface area contributed by atoms with E-state index in [1.54, 1.807) is 16.1 Å². The lowest BCUT2D eigenvalue weighted by Gasteiger charge is -2.35. The molecule has 1 amide bonds. The van der Waals surface area contributed by atoms with Crippen molar-refractivity contribution in [1.82, 2.24) is 9.62 Å². The summed E-state index contributed by atoms with van der Waals surface area (Å²) in [5, 5.41) is 2.83. The number of amides is 1. The number of hydrogen-bond donors (Lipinski definition) is 1. The molecule has 8 heteroatoms. The van der Waals surface area contributed by atoms with Crippen LogP contribution in [0.2, 0.25) is 0 Å². The van der Waals surface area contributed by atoms with E-state index in [-0.39, 0.29) is 11.7 Å². The quantitative estimate of drug-likeness (QED) is 0.551. The van der Waals surface area contributed by atoms with Gasteiger partial charge in [-0.2, -0.15) is 4.31 Å². The maximum absolute atomic E-state index is 12.6. The lowest BCUT2D eigenvalue weighted by molar-refractivity contribution is -0.118. The second-order valence-electron chi connectivity index (χ2n) is 7.72. The van der Waals surface area contributed by atoms with E-state index in [9.17, 15) is 13.2 Å². The molecule has 0 unspecified atom stereocenters. The van der Waals surface area contributed by atoms with Crippen LogP contribution >= 0.6 is 11.8 Å². The van der Waals surface area contributed by atoms with Gasteiger partial charge in [-0.1, -0.05) is 42.5 Å². The normalized spacial score (nSPS) is 15.1. The third-order valence-electron chi connectivity index (χ3n) is 5.24. The molecule has 1 aliphatic rings. The molecule has 0 saturated carbocycles. The fourth-order valence-corrected chi connectivity index (χ4v) is 5.85. The minimum atomic E-state index is -3.30. The Morgan fingerprint density at radius 2 is 1.77 bits per heavy atom. The average molecular weight is 462 g/mol. The molecule has 0 radical (unpaired) electrons. The number of piperazine rings is 1. The molecule has 1 fully saturated rings. The number of benzene rings is 2. The summed E-state index contributed by atoms with van der Waals surface area (Å²) in [5.74, 6) is 1.18. The Bertz CT molecular complexity index is 944. The van der Waals surface area contributed by atoms with Gasteiger partial charge in [0.05, 0.1) is 11.5 Å². The maximum atomic E-state index is 12.6. The van der Waals surface area contributed by atoms with E-state index >= 15 is 0 Å². The zero-order valence-electron chi connectivity index (χ0n) is 18.0. The van der Waals surface area contributed by atoms with Crippen molar-refractivity contribution >= 4 is 33.4 Å². The Hall–Kier alpha value is -2.03. The summed E-state index contributed by atoms with van der Waals surface area (Å²) in [4.78, 5) is 14.2. The van der Waals surface area contributed by atoms with E-state index in [2.05, 4.69) is 35.3 Å². The summed E-state index contributed by atoms with van der Waals surface area (Å²) in [6.07, 6.45) is 0.426. The molecule has 1 aliphatic heterocycles. The van der Waals surface area contributed by atoms with Crippen LogP contribution in [-0.2, 0) is 20.6 Å². The summed E-state index contributed by atoms with van der Waals surface area (Å²) in [6.45, 7) is 4.83. The molecule has 2 aromatic carbocycles. The van der Waals surface area contributed by atoms with E-state index in [1.807, 2.05) is 36.4 Å². The van der Waals surface area contributed by atoms with Gasteiger partial charge >= 0.3 is 0 Å². The summed E-state index contributed by atoms with van der Waals surface area (Å²) >= 11 is 1.56. The number of carbonyl (C=O) groups is 1. The number of sulfonamides is 1. The fraction of sp³-hybridized carbons (Fsp3) is 0.435. The van der Waals surface area contributed by atoms with Gasteiger partial charge in [-0.25, -0.2) is 8.42 Å². The van der Waals surface area contributed by atoms with Crippen LogP contribution in [-0.4, -0.2) is 62.9 Å². The van der Waals surface area contributed by atoms with Crippen LogP contribution in [0.15, 0.2) is 54.6 Å². The Morgan fingerprint density at radius 1 is 1.03 bits per heavy atom. The van der Waals surface area contributed by atoms with Crippen molar-refractivity contribution in [3.05, 3.63) is 65.7 Å². The Labute approximate surface area is 190 Å². The van der Waals surface area contributed by atoms with Crippen molar-refractivity contribution in [2.24, 2.45) is 0 Å². The number of hydrogen-bond acceptors (Lipinski definition) is 5. The van der Waals surface area contributed by atoms with Crippen LogP contribution in [0.5, 0.6) is 0 Å². The Balaban J connectivity index is 1.32. The van der Waals surface area contributed by atoms with Crippen molar-refractivity contribution < 1.29 is 13.2 Å². The molecular formula is C23H31N3O3S2. The van der Waals surface area contributed by atoms with Crippen LogP contribution in [0, 0.1) is 6.92 Å². The largest absolute Gasteiger partial charge is 0.369 e. The lowest BCUT2D eigenvalue weighted by atomic mass is 10.2. The summed E-state index contributed by atoms with van der Waals surface area (Å²) in [7, 11) is -3.30. The van der Waals surface area contributed by atoms with Crippen molar-refractivity contribution in [2.75, 3.05) is 49.1 Å². The number of aryl methyl sites for hydroxylation is 1. The fourth-order valence-electron chi connectivity index (χ4n) is 3.55. The monoisotopic (exact) mass is 461 g/mol. The Kier molecular flexibility index (Phi) is 8.80. The predicted molar refractivity (Wildman–Crippen MR) is 129 cm³/mol. The molecule has 6 nitrogen and oxygen atoms in total. The molecule has 0 atom stereocenters. The van der Waals surface area contributed by atoms with E-state index in [1.165, 1.54) is 11.1 Å². The maximum Gasteiger partial charge on any atom is 0.230 e. The Morgan fingerprint density at radius 3 is 2.48 bits per heavy atom. The highest BCUT2D eigenvalue weighted by atomic mass is 32.2. The topological polar surface area (TPSA) is 69.7 Å². The SMILES string of the molecule is Cc1cccc(N2CCN(S(=O)(=O)CCCNC(=O)CSCc3ccccc3)CC2)c1. The van der Waals surface area contributed by atoms with Gasteiger partial charge in [0, 0.05) is 44.2 Å². The van der Waals surface area contributed by atoms with Gasteiger partial charge in [0.2, 0.25) is 15.9 Å². The van der Waals surface area contributed by atoms with Gasteiger partial charge in [-0.05, 0) is 36.6 Å². The molecule has 168 valence electrons. The third-order valence-corrected chi connectivity index (χ3v) is 8.21. The zero-order chi connectivity index (χ0) is 22.1. The molecule has 0 aromatic heterocycles. The van der Waals surface area contributed by atoms with Gasteiger partial charge in [0.25, 0.3) is 0 Å². The van der Waals surface area contributed by atoms with Gasteiger partial charge < -0.3 is 10.2 Å². The molecule has 1 heterocycles. The smallest absolute Gasteiger partial charge is 0.230 e. The second-order valence-corrected chi connectivity index (χ2v) is 10.8. The first-order chi connectivity index (χ1) is 14.9. The molecule has 3 rings (SSSR count). The number of nitrogens with one attached hydrogen (secondary N) is 1. The minimum absolute atomic E-state index is 0.0508. The molecule has 31 heavy (non-hydrogen) atoms. The van der Waals surface area contributed by atoms with Crippen LogP contribution < -0.4 is 10.2 Å². The lowest BCUT2D eigenvalue weighted by Crippen LogP contribution is -2.49. The highest BCUT2D eigenvalue weighted by molar-refractivity contribution is 7.99. The van der Waals surface area contributed by atoms with Crippen molar-refractivity contribution in [2.45, 2.75) is 19.1 Å². The van der Waals surface area contributed by atoms with Crippen molar-refractivity contribution in [3.63, 3.8) is 0 Å². The zero-order valence-corrected chi connectivity index (χ0v) is 19.6. The van der Waals surface area contributed by atoms with Gasteiger partial charge in [-0.3, -0.25) is 4.79 Å². The van der Waals surface area contributed by atoms with E-state index in [4.69, 9.17) is 0 Å². The summed E-state index contributed by atoms with van der Waals surface area (Å²) in [6, 6.07) is 18.3. The van der Waals surface area contributed by atoms with Gasteiger partial charge in [0.1, 0.15) is 0 Å². The first-order valence-corrected chi connectivity index (χ1v) is 13.4. The second kappa shape index (κ2) is 11.5. The van der Waals surface area contributed by atoms with E-state index in [0.717, 1.165) is 11.4 Å². The van der Waals surface area contributed by atoms with Gasteiger partial charge in [-0.15, -0.1) is 11.8 Å². The number of rotatable bonds is 10. The third kappa shape index (κ3) is 7.55. The number of thioether (sulfide) groups is 1. The summed E-state index contributed by atoms with van der Waals surface area (Å²) < 4.78 is 26.9. The molecule has 0 bridgehead atoms. The summed E-state index contributed by atoms with van der Waals surface area (Å²) in [5.41, 5.74) is 3.53. The molecule has 1 saturated heterocycles. The predicted octanol–water partition coefficient (Wildman–Crippen LogP) is 2.89. The standard InChI is InChI=1S/C23H31N3O3S2/c1-20-7-5-10-22(17-20)25-12-14-26(15-13-25)31(28,29)16-6-11-24-23(27)19-30-18-21-8-3-2-4-9-21/h2-5,7-10,17H,6,11-16,18-19H2,1H3,(H,24,27). The first-order valence-electron chi connectivity index (χ1n) is 10.6. The van der Waals surface area contributed by atoms with Crippen molar-refractivity contribution in [3.8, 4) is 0 Å². The number of carbonyl (C=O) groups excluding carboxylic acids is 1. The van der Waals surface area contributed by atoms with Crippen LogP contribution in [0.3, 0.4) is 0 Å². The van der Waals surface area contributed by atoms with E-state index < -0.39 is 10.0 Å². The molecule has 0 spiro atoms. The highest BCUT2D eigenvalue weighted by Gasteiger charge is 2.26. The van der Waals surface area contributed by atoms with Gasteiger partial charge in [0.15, 0.2) is 0 Å². The molecule has 2 aromatic rings. The average Bonchev–Trinajstić information content (AvgIpc) is 2.78. The van der Waals surface area contributed by atoms with Crippen molar-refractivity contribution in [1.29, 1.82) is 0 Å². The minimum Gasteiger partial charge on any atom is -0.369 e. The van der Waals surface area contributed by atoms with E-state index in [0.29, 0.717) is 44.9 Å². The first kappa shape index (κ1) is 23.6. The molecular weight excluding hydrogens is 430 g/mol. The number of anilines is 1. The molecule has 0 aliphatic carbocycles. The molecule has 1 N–H and O–H groups in total. The van der Waals surface area contributed by atoms with Crippen LogP contribution in [0.4, 0.5) is 5.69 Å². The number of nitrogens with zero attached hydrogens (tertiary/aromatic N) is 2. The van der Waals surface area contributed by atoms with Crippen LogP contribution in [0.1, 0.15) is 17.5 Å².